The number of aromatic nitrogens is 1. The largest absolute Gasteiger partial charge is 0.463 e. The molecule has 93 heavy (non-hydrogen) atoms. The van der Waals surface area contributed by atoms with Crippen LogP contribution in [0.1, 0.15) is 32.1 Å². The van der Waals surface area contributed by atoms with E-state index in [1.54, 1.807) is 0 Å². The van der Waals surface area contributed by atoms with E-state index < -0.39 is 0 Å². The third-order valence-electron chi connectivity index (χ3n) is 20.2. The molecule has 5 aliphatic carbocycles. The van der Waals surface area contributed by atoms with Crippen molar-refractivity contribution in [1.82, 2.24) is 4.98 Å². The molecule has 18 rings (SSSR count). The minimum absolute atomic E-state index is 0.0517. The first-order valence-corrected chi connectivity index (χ1v) is 33.1. The molecular weight excluding hydrogens is 1130 g/mol. The quantitative estimate of drug-likeness (QED) is 0.112. The van der Waals surface area contributed by atoms with Gasteiger partial charge in [-0.3, -0.25) is 0 Å². The fourth-order valence-corrected chi connectivity index (χ4v) is 16.4. The number of nitrogens with zero attached hydrogens (tertiary/aromatic N) is 7. The van der Waals surface area contributed by atoms with E-state index in [0.29, 0.717) is 0 Å². The molecule has 9 aliphatic rings. The summed E-state index contributed by atoms with van der Waals surface area (Å²) < 4.78 is 7.38. The van der Waals surface area contributed by atoms with Crippen molar-refractivity contribution in [3.8, 4) is 5.75 Å². The third kappa shape index (κ3) is 9.32. The van der Waals surface area contributed by atoms with Crippen molar-refractivity contribution in [1.29, 1.82) is 0 Å². The summed E-state index contributed by atoms with van der Waals surface area (Å²) in [5.41, 5.74) is 20.0. The Hall–Kier alpha value is -11.0. The Bertz CT molecular complexity index is 4670. The van der Waals surface area contributed by atoms with E-state index in [2.05, 4.69) is 345 Å². The molecule has 0 saturated carbocycles. The fraction of sp³-hybridized carbons (Fsp3) is 0.120. The number of ether oxygens (including phenoxy) is 1. The fourth-order valence-electron chi connectivity index (χ4n) is 16.4. The van der Waals surface area contributed by atoms with Crippen molar-refractivity contribution in [2.45, 2.75) is 62.1 Å². The van der Waals surface area contributed by atoms with Gasteiger partial charge >= 0.3 is 0 Å². The van der Waals surface area contributed by atoms with Gasteiger partial charge in [-0.25, -0.2) is 4.98 Å². The van der Waals surface area contributed by atoms with Gasteiger partial charge in [-0.1, -0.05) is 200 Å². The summed E-state index contributed by atoms with van der Waals surface area (Å²) in [6.07, 6.45) is 37.1. The molecule has 0 fully saturated rings. The molecule has 0 N–H and O–H groups in total. The van der Waals surface area contributed by atoms with Crippen LogP contribution in [0.15, 0.2) is 350 Å². The molecule has 4 aliphatic heterocycles. The van der Waals surface area contributed by atoms with Gasteiger partial charge in [0.1, 0.15) is 23.1 Å². The van der Waals surface area contributed by atoms with E-state index in [-0.39, 0.29) is 43.4 Å². The summed E-state index contributed by atoms with van der Waals surface area (Å²) in [6.45, 7) is -0.273. The maximum Gasteiger partial charge on any atom is 0.249 e. The Balaban J connectivity index is 0.928. The highest BCUT2D eigenvalue weighted by Crippen LogP contribution is 2.52. The molecule has 0 amide bonds. The molecule has 0 bridgehead atoms. The molecule has 0 spiro atoms. The first-order chi connectivity index (χ1) is 46.2. The number of hydrogen-bond donors (Lipinski definition) is 0. The van der Waals surface area contributed by atoms with Crippen LogP contribution in [-0.4, -0.2) is 42.6 Å². The van der Waals surface area contributed by atoms with Crippen molar-refractivity contribution >= 4 is 92.4 Å². The molecule has 0 saturated heterocycles. The Kier molecular flexibility index (Phi) is 13.6. The average molecular weight is 1200 g/mol. The number of allylic oxidation sites excluding steroid dienone is 9. The Morgan fingerprint density at radius 1 is 0.484 bits per heavy atom. The van der Waals surface area contributed by atoms with Crippen LogP contribution in [0.3, 0.4) is 0 Å². The standard InChI is InChI=1S/C83H67B2N7O/c1-10-30-58(31-11-1)87(59-32-12-2-13-33-59)67-50-51-70-74(52-67)90(64-42-22-7-23-43-64)75-53-68(88(60-34-14-3-15-35-60)61-36-16-4-17-37-61)54-76-80(75)84(70)72-57-73-83(86-82(72)91(76)65-44-24-8-25-45-65)92(66-46-26-9-27-47-66)77-55-69(56-79-81(77)85(73)71-48-28-29-49-78(71)93-79)89(62-38-18-5-19-39-62)63-40-20-6-21-41-63/h1,3-12,14-40,42-44,46-52,54-57,63,65,75,77,81H,2,13,41,45,53H2. The summed E-state index contributed by atoms with van der Waals surface area (Å²) >= 11 is 0. The predicted octanol–water partition coefficient (Wildman–Crippen LogP) is 16.3. The van der Waals surface area contributed by atoms with Gasteiger partial charge in [0.2, 0.25) is 13.4 Å². The zero-order valence-corrected chi connectivity index (χ0v) is 51.6. The van der Waals surface area contributed by atoms with Crippen molar-refractivity contribution in [2.75, 3.05) is 29.4 Å². The normalized spacial score (nSPS) is 20.8. The highest BCUT2D eigenvalue weighted by Gasteiger charge is 2.56. The van der Waals surface area contributed by atoms with Crippen LogP contribution in [-0.2, 0) is 0 Å². The van der Waals surface area contributed by atoms with Crippen molar-refractivity contribution in [2.24, 2.45) is 0 Å². The molecule has 5 unspecified atom stereocenters. The van der Waals surface area contributed by atoms with Gasteiger partial charge in [0.05, 0.1) is 24.2 Å². The van der Waals surface area contributed by atoms with Gasteiger partial charge in [0.15, 0.2) is 0 Å². The van der Waals surface area contributed by atoms with Crippen LogP contribution in [0, 0.1) is 0 Å². The minimum Gasteiger partial charge on any atom is -0.463 e. The second-order valence-electron chi connectivity index (χ2n) is 25.5. The Morgan fingerprint density at radius 2 is 1.11 bits per heavy atom. The molecule has 8 aromatic carbocycles. The van der Waals surface area contributed by atoms with E-state index in [0.717, 1.165) is 101 Å². The molecule has 8 nitrogen and oxygen atoms in total. The number of fused-ring (bicyclic) bond motifs is 8. The Morgan fingerprint density at radius 3 is 1.76 bits per heavy atom. The first kappa shape index (κ1) is 54.9. The number of para-hydroxylation sites is 7. The summed E-state index contributed by atoms with van der Waals surface area (Å²) in [6, 6.07) is 84.5. The first-order valence-electron chi connectivity index (χ1n) is 33.1. The molecular formula is C83H67B2N7O. The molecule has 1 aromatic heterocycles. The lowest BCUT2D eigenvalue weighted by molar-refractivity contribution is 0.385. The van der Waals surface area contributed by atoms with E-state index in [4.69, 9.17) is 9.72 Å². The van der Waals surface area contributed by atoms with Crippen LogP contribution < -0.4 is 56.0 Å². The molecule has 0 radical (unpaired) electrons. The smallest absolute Gasteiger partial charge is 0.249 e. The highest BCUT2D eigenvalue weighted by atomic mass is 16.5. The molecule has 9 aromatic rings. The van der Waals surface area contributed by atoms with Crippen LogP contribution in [0.5, 0.6) is 5.75 Å². The predicted molar refractivity (Wildman–Crippen MR) is 387 cm³/mol. The zero-order chi connectivity index (χ0) is 61.3. The summed E-state index contributed by atoms with van der Waals surface area (Å²) in [4.78, 5) is 21.9. The van der Waals surface area contributed by atoms with E-state index in [1.807, 2.05) is 0 Å². The lowest BCUT2D eigenvalue weighted by Crippen LogP contribution is -2.66. The number of anilines is 10. The number of rotatable bonds is 12. The van der Waals surface area contributed by atoms with Gasteiger partial charge in [-0.05, 0) is 168 Å². The minimum atomic E-state index is -0.191. The van der Waals surface area contributed by atoms with E-state index in [1.165, 1.54) is 50.1 Å². The summed E-state index contributed by atoms with van der Waals surface area (Å²) in [5, 5.41) is 0. The number of benzene rings is 8. The maximum atomic E-state index is 7.38. The summed E-state index contributed by atoms with van der Waals surface area (Å²) in [7, 11) is 0. The lowest BCUT2D eigenvalue weighted by atomic mass is 9.27. The van der Waals surface area contributed by atoms with E-state index in [9.17, 15) is 0 Å². The third-order valence-corrected chi connectivity index (χ3v) is 20.2. The molecule has 446 valence electrons. The van der Waals surface area contributed by atoms with Crippen molar-refractivity contribution < 1.29 is 4.74 Å². The Labute approximate surface area is 545 Å². The number of hydrogen-bond acceptors (Lipinski definition) is 8. The average Bonchev–Trinajstić information content (AvgIpc) is 0.690. The lowest BCUT2D eigenvalue weighted by Gasteiger charge is -2.53. The van der Waals surface area contributed by atoms with Crippen LogP contribution in [0.25, 0.3) is 0 Å². The monoisotopic (exact) mass is 1200 g/mol. The molecule has 5 atom stereocenters. The van der Waals surface area contributed by atoms with Gasteiger partial charge in [-0.15, -0.1) is 0 Å². The van der Waals surface area contributed by atoms with Gasteiger partial charge in [0.25, 0.3) is 0 Å². The maximum absolute atomic E-state index is 7.38. The highest BCUT2D eigenvalue weighted by molar-refractivity contribution is 6.95. The SMILES string of the molecule is C1=CCC(N(C2=CC3C4B(c5ccccc5OC4=C2)c2cc4c(nc2N3c2ccccc2)N(C2C=CC=CC2)C2=C3B4c4ccc(N(C5=CCCC=C5)c5ccccc5)cc4N(c4ccccc4)C3CC(N(c3ccccc3)c3ccccc3)=C2)c2ccccc2)C=C1. The summed E-state index contributed by atoms with van der Waals surface area (Å²) in [5.74, 6) is 3.72. The van der Waals surface area contributed by atoms with Crippen molar-refractivity contribution in [3.63, 3.8) is 0 Å². The topological polar surface area (TPSA) is 41.6 Å². The van der Waals surface area contributed by atoms with E-state index >= 15 is 0 Å². The van der Waals surface area contributed by atoms with Gasteiger partial charge in [0, 0.05) is 80.5 Å². The number of pyridine rings is 1. The van der Waals surface area contributed by atoms with Gasteiger partial charge in [-0.2, -0.15) is 0 Å². The second-order valence-corrected chi connectivity index (χ2v) is 25.5. The van der Waals surface area contributed by atoms with Crippen molar-refractivity contribution in [3.05, 3.63) is 350 Å². The zero-order valence-electron chi connectivity index (χ0n) is 51.6. The van der Waals surface area contributed by atoms with Crippen LogP contribution >= 0.6 is 0 Å². The second kappa shape index (κ2) is 23.1. The van der Waals surface area contributed by atoms with Gasteiger partial charge < -0.3 is 34.1 Å². The molecule has 10 heteroatoms. The van der Waals surface area contributed by atoms with Crippen LogP contribution in [0.4, 0.5) is 57.1 Å². The van der Waals surface area contributed by atoms with Crippen LogP contribution in [0.2, 0.25) is 5.82 Å². The molecule has 5 heterocycles.